The second-order valence-corrected chi connectivity index (χ2v) is 9.43. The quantitative estimate of drug-likeness (QED) is 0.154. The van der Waals surface area contributed by atoms with Crippen LogP contribution in [0.25, 0.3) is 22.3 Å². The van der Waals surface area contributed by atoms with Crippen LogP contribution in [-0.4, -0.2) is 24.3 Å². The molecule has 0 radical (unpaired) electrons. The number of carbonyl (C=O) groups is 1. The summed E-state index contributed by atoms with van der Waals surface area (Å²) >= 11 is 0. The molecule has 1 saturated heterocycles. The van der Waals surface area contributed by atoms with Crippen LogP contribution in [0.1, 0.15) is 50.3 Å². The number of nitrogens with one attached hydrogen (secondary N) is 1. The van der Waals surface area contributed by atoms with E-state index in [1.807, 2.05) is 63.2 Å². The average Bonchev–Trinajstić information content (AvgIpc) is 3.00. The molecule has 1 heterocycles. The summed E-state index contributed by atoms with van der Waals surface area (Å²) in [6, 6.07) is 18.0. The number of carbonyl (C=O) groups excluding carboxylic acids is 2. The molecule has 4 nitrogen and oxygen atoms in total. The topological polar surface area (TPSA) is 66.4 Å². The van der Waals surface area contributed by atoms with Crippen molar-refractivity contribution in [2.24, 2.45) is 5.92 Å². The Morgan fingerprint density at radius 1 is 1.04 bits per heavy atom. The first-order chi connectivity index (χ1) is 19.7. The van der Waals surface area contributed by atoms with Crippen LogP contribution in [0.3, 0.4) is 0 Å². The summed E-state index contributed by atoms with van der Waals surface area (Å²) in [6.45, 7) is 23.8. The molecule has 4 rings (SSSR count). The Hall–Kier alpha value is 0.659. The molecule has 1 amide bonds. The Morgan fingerprint density at radius 2 is 1.62 bits per heavy atom. The number of allylic oxidation sites excluding steroid dienone is 3. The number of phenols is 1. The van der Waals surface area contributed by atoms with Gasteiger partial charge in [-0.1, -0.05) is 52.0 Å². The third-order valence-electron chi connectivity index (χ3n) is 6.62. The van der Waals surface area contributed by atoms with E-state index in [-0.39, 0.29) is 179 Å². The summed E-state index contributed by atoms with van der Waals surface area (Å²) < 4.78 is 14.5. The summed E-state index contributed by atoms with van der Waals surface area (Å²) in [5.41, 5.74) is 6.13. The number of hydrogen-bond acceptors (Lipinski definition) is 3. The number of para-hydroxylation sites is 1. The van der Waals surface area contributed by atoms with Crippen LogP contribution in [0.15, 0.2) is 67.3 Å². The monoisotopic (exact) mass is 684 g/mol. The van der Waals surface area contributed by atoms with Crippen LogP contribution in [0.4, 0.5) is 4.39 Å². The van der Waals surface area contributed by atoms with E-state index >= 15 is 0 Å². The van der Waals surface area contributed by atoms with Gasteiger partial charge in [-0.15, -0.1) is 5.56 Å². The largest absolute Gasteiger partial charge is 1.00 e. The number of phenolic OH excluding ortho intramolecular Hbond substituents is 1. The summed E-state index contributed by atoms with van der Waals surface area (Å²) in [4.78, 5) is 18.2. The second-order valence-electron chi connectivity index (χ2n) is 9.43. The van der Waals surface area contributed by atoms with E-state index in [9.17, 15) is 14.3 Å². The van der Waals surface area contributed by atoms with Crippen molar-refractivity contribution in [2.75, 3.05) is 6.54 Å². The molecule has 3 aromatic carbocycles. The molecular formula is C37H42FK3NO3-3. The maximum absolute atomic E-state index is 14.5. The molecule has 1 fully saturated rings. The zero-order chi connectivity index (χ0) is 30.9. The van der Waals surface area contributed by atoms with Gasteiger partial charge in [0.15, 0.2) is 0 Å². The molecule has 0 saturated carbocycles. The van der Waals surface area contributed by atoms with Crippen LogP contribution in [0.2, 0.25) is 0 Å². The fraction of sp³-hybridized carbons (Fsp3) is 0.270. The Kier molecular flexibility index (Phi) is 34.5. The average molecular weight is 685 g/mol. The van der Waals surface area contributed by atoms with Gasteiger partial charge < -0.3 is 46.9 Å². The van der Waals surface area contributed by atoms with Crippen LogP contribution in [0, 0.1) is 50.9 Å². The van der Waals surface area contributed by atoms with Gasteiger partial charge in [-0.05, 0) is 53.5 Å². The first-order valence-corrected chi connectivity index (χ1v) is 13.5. The molecule has 2 N–H and O–H groups in total. The van der Waals surface area contributed by atoms with E-state index in [0.717, 1.165) is 53.6 Å². The van der Waals surface area contributed by atoms with Crippen molar-refractivity contribution in [2.45, 2.75) is 53.4 Å². The van der Waals surface area contributed by atoms with Crippen LogP contribution >= 0.6 is 0 Å². The van der Waals surface area contributed by atoms with Gasteiger partial charge >= 0.3 is 154 Å². The minimum absolute atomic E-state index is 0. The molecule has 1 aliphatic heterocycles. The number of amides is 1. The van der Waals surface area contributed by atoms with Gasteiger partial charge in [-0.2, -0.15) is 29.8 Å². The van der Waals surface area contributed by atoms with E-state index in [2.05, 4.69) is 50.4 Å². The van der Waals surface area contributed by atoms with Gasteiger partial charge in [0.2, 0.25) is 5.91 Å². The molecule has 1 unspecified atom stereocenters. The molecule has 8 heteroatoms. The maximum Gasteiger partial charge on any atom is 1.00 e. The third kappa shape index (κ3) is 17.8. The number of aryl methyl sites for hydroxylation is 2. The zero-order valence-corrected chi connectivity index (χ0v) is 37.8. The van der Waals surface area contributed by atoms with E-state index in [4.69, 9.17) is 11.4 Å². The molecule has 45 heavy (non-hydrogen) atoms. The van der Waals surface area contributed by atoms with Gasteiger partial charge in [0, 0.05) is 18.5 Å². The zero-order valence-electron chi connectivity index (χ0n) is 28.4. The standard InChI is InChI=1S/C23H22FO.C6H11NO.C6H5.CHO.CH3.3K/c1-4-16-13-17(14-22(24)18(16)5-2)20-11-8-12-21(23(20)25)19-10-7-6-9-15(19)3;1-5-2-3-6(8)7-4-5;1-4-6(3)5-2;1-2;;;;/h6-8,10-14,25H,4-5H2,1-3H3;5H,2-4H2,1H3,(H,7,8);3H,1-2H2;1H;1H3;;;/q-1;;-3;2*-1;3*+1. The SMILES string of the molecule is CC1CCC(=O)NC1.CCc1cc(-c2cccc(-c3ccc[c-]c3C)c2O)cc(F)c1CC.[CH-]=C([C-]=C)[C-]=C.[CH-]=O.[CH3-].[K+].[K+].[K+]. The summed E-state index contributed by atoms with van der Waals surface area (Å²) in [7, 11) is 0. The Bertz CT molecular complexity index is 1320. The van der Waals surface area contributed by atoms with Gasteiger partial charge in [-0.25, -0.2) is 4.39 Å². The van der Waals surface area contributed by atoms with Crippen molar-refractivity contribution >= 4 is 12.7 Å². The number of piperidine rings is 1. The molecule has 0 bridgehead atoms. The molecule has 1 atom stereocenters. The van der Waals surface area contributed by atoms with Crippen molar-refractivity contribution in [3.05, 3.63) is 122 Å². The van der Waals surface area contributed by atoms with Crippen molar-refractivity contribution in [3.63, 3.8) is 0 Å². The molecule has 0 spiro atoms. The molecule has 1 aliphatic rings. The van der Waals surface area contributed by atoms with Gasteiger partial charge in [0.1, 0.15) is 11.6 Å². The summed E-state index contributed by atoms with van der Waals surface area (Å²) in [5.74, 6) is 0.873. The predicted molar refractivity (Wildman–Crippen MR) is 171 cm³/mol. The minimum atomic E-state index is -0.203. The first kappa shape index (κ1) is 52.5. The van der Waals surface area contributed by atoms with Gasteiger partial charge in [-0.3, -0.25) is 24.7 Å². The molecule has 3 aromatic rings. The number of halogens is 1. The van der Waals surface area contributed by atoms with Gasteiger partial charge in [0.25, 0.3) is 0 Å². The maximum atomic E-state index is 14.5. The first-order valence-electron chi connectivity index (χ1n) is 13.5. The number of aromatic hydroxyl groups is 1. The third-order valence-corrected chi connectivity index (χ3v) is 6.62. The fourth-order valence-corrected chi connectivity index (χ4v) is 4.28. The van der Waals surface area contributed by atoms with Crippen molar-refractivity contribution in [1.82, 2.24) is 5.32 Å². The van der Waals surface area contributed by atoms with Gasteiger partial charge in [0.05, 0.1) is 0 Å². The Labute approximate surface area is 399 Å². The Morgan fingerprint density at radius 3 is 2.07 bits per heavy atom. The number of hydrogen-bond donors (Lipinski definition) is 2. The molecule has 226 valence electrons. The van der Waals surface area contributed by atoms with Crippen molar-refractivity contribution in [3.8, 4) is 28.0 Å². The second kappa shape index (κ2) is 29.6. The normalized spacial score (nSPS) is 12.3. The van der Waals surface area contributed by atoms with E-state index in [1.165, 1.54) is 6.07 Å². The van der Waals surface area contributed by atoms with Crippen LogP contribution in [-0.2, 0) is 22.4 Å². The van der Waals surface area contributed by atoms with E-state index < -0.39 is 0 Å². The fourth-order valence-electron chi connectivity index (χ4n) is 4.28. The number of benzene rings is 3. The van der Waals surface area contributed by atoms with E-state index in [0.29, 0.717) is 29.0 Å². The van der Waals surface area contributed by atoms with E-state index in [1.54, 1.807) is 0 Å². The Balaban J connectivity index is -0.000000352. The number of rotatable bonds is 6. The molecule has 0 aliphatic carbocycles. The van der Waals surface area contributed by atoms with Crippen molar-refractivity contribution in [1.29, 1.82) is 0 Å². The van der Waals surface area contributed by atoms with Crippen LogP contribution < -0.4 is 159 Å². The van der Waals surface area contributed by atoms with Crippen LogP contribution in [0.5, 0.6) is 5.75 Å². The predicted octanol–water partition coefficient (Wildman–Crippen LogP) is -0.856. The van der Waals surface area contributed by atoms with Crippen molar-refractivity contribution < 1.29 is 173 Å². The minimum Gasteiger partial charge on any atom is -0.594 e. The molecular weight excluding hydrogens is 643 g/mol. The summed E-state index contributed by atoms with van der Waals surface area (Å²) in [6.07, 6.45) is 7.99. The smallest absolute Gasteiger partial charge is 0.594 e. The molecule has 0 aromatic heterocycles. The summed E-state index contributed by atoms with van der Waals surface area (Å²) in [5, 5.41) is 13.7.